The van der Waals surface area contributed by atoms with Crippen molar-refractivity contribution in [3.8, 4) is 0 Å². The van der Waals surface area contributed by atoms with Crippen molar-refractivity contribution < 1.29 is 22.7 Å². The van der Waals surface area contributed by atoms with Gasteiger partial charge in [0.25, 0.3) is 0 Å². The van der Waals surface area contributed by atoms with Crippen LogP contribution in [-0.2, 0) is 30.7 Å². The molecule has 10 heteroatoms. The van der Waals surface area contributed by atoms with Gasteiger partial charge in [-0.2, -0.15) is 4.31 Å². The van der Waals surface area contributed by atoms with Crippen LogP contribution in [0.4, 0.5) is 11.4 Å². The fourth-order valence-electron chi connectivity index (χ4n) is 3.91. The van der Waals surface area contributed by atoms with Gasteiger partial charge in [-0.25, -0.2) is 8.42 Å². The van der Waals surface area contributed by atoms with Gasteiger partial charge in [-0.1, -0.05) is 23.7 Å². The van der Waals surface area contributed by atoms with E-state index in [0.717, 1.165) is 11.3 Å². The fraction of sp³-hybridized carbons (Fsp3) is 0.435. The predicted molar refractivity (Wildman–Crippen MR) is 127 cm³/mol. The van der Waals surface area contributed by atoms with Crippen molar-refractivity contribution in [3.63, 3.8) is 0 Å². The molecule has 0 atom stereocenters. The van der Waals surface area contributed by atoms with Crippen molar-refractivity contribution in [1.29, 1.82) is 0 Å². The maximum Gasteiger partial charge on any atom is 0.243 e. The van der Waals surface area contributed by atoms with E-state index in [1.54, 1.807) is 30.3 Å². The van der Waals surface area contributed by atoms with E-state index < -0.39 is 10.0 Å². The number of morpholine rings is 2. The third kappa shape index (κ3) is 6.04. The maximum absolute atomic E-state index is 13.2. The molecule has 1 amide bonds. The topological polar surface area (TPSA) is 88.2 Å². The van der Waals surface area contributed by atoms with Crippen molar-refractivity contribution in [2.45, 2.75) is 17.7 Å². The molecule has 0 saturated carbocycles. The molecule has 0 radical (unpaired) electrons. The number of carbonyl (C=O) groups is 1. The minimum atomic E-state index is -3.68. The number of halogens is 1. The second kappa shape index (κ2) is 10.8. The molecular formula is C23H28ClN3O5S. The molecule has 2 aliphatic rings. The van der Waals surface area contributed by atoms with Crippen molar-refractivity contribution >= 4 is 38.9 Å². The number of nitrogens with one attached hydrogen (secondary N) is 1. The van der Waals surface area contributed by atoms with Crippen LogP contribution in [0.5, 0.6) is 0 Å². The largest absolute Gasteiger partial charge is 0.379 e. The first kappa shape index (κ1) is 24.0. The molecule has 2 aliphatic heterocycles. The Morgan fingerprint density at radius 1 is 0.939 bits per heavy atom. The Labute approximate surface area is 199 Å². The lowest BCUT2D eigenvalue weighted by molar-refractivity contribution is -0.116. The van der Waals surface area contributed by atoms with Gasteiger partial charge in [0.15, 0.2) is 0 Å². The molecule has 8 nitrogen and oxygen atoms in total. The molecule has 2 aromatic carbocycles. The average Bonchev–Trinajstić information content (AvgIpc) is 2.85. The molecular weight excluding hydrogens is 466 g/mol. The molecule has 2 heterocycles. The summed E-state index contributed by atoms with van der Waals surface area (Å²) in [6.45, 7) is 3.88. The molecule has 33 heavy (non-hydrogen) atoms. The van der Waals surface area contributed by atoms with Gasteiger partial charge in [0.05, 0.1) is 42.7 Å². The zero-order chi connectivity index (χ0) is 23.3. The number of hydrogen-bond acceptors (Lipinski definition) is 6. The SMILES string of the molecule is O=C(CCc1ccc(Cl)cc1)Nc1cc(S(=O)(=O)N2CCOCC2)ccc1N1CCOCC1. The predicted octanol–water partition coefficient (Wildman–Crippen LogP) is 2.77. The van der Waals surface area contributed by atoms with E-state index in [-0.39, 0.29) is 17.2 Å². The number of carbonyl (C=O) groups excluding carboxylic acids is 1. The van der Waals surface area contributed by atoms with Gasteiger partial charge in [0.2, 0.25) is 15.9 Å². The highest BCUT2D eigenvalue weighted by atomic mass is 35.5. The van der Waals surface area contributed by atoms with Gasteiger partial charge in [0.1, 0.15) is 0 Å². The monoisotopic (exact) mass is 493 g/mol. The number of amides is 1. The van der Waals surface area contributed by atoms with Crippen LogP contribution >= 0.6 is 11.6 Å². The van der Waals surface area contributed by atoms with Crippen molar-refractivity contribution in [2.75, 3.05) is 62.8 Å². The lowest BCUT2D eigenvalue weighted by Gasteiger charge is -2.31. The summed E-state index contributed by atoms with van der Waals surface area (Å²) in [5.74, 6) is -0.180. The van der Waals surface area contributed by atoms with Crippen LogP contribution in [0.1, 0.15) is 12.0 Å². The molecule has 1 N–H and O–H groups in total. The van der Waals surface area contributed by atoms with Crippen LogP contribution in [0.3, 0.4) is 0 Å². The third-order valence-corrected chi connectivity index (χ3v) is 7.90. The molecule has 2 fully saturated rings. The van der Waals surface area contributed by atoms with Crippen molar-refractivity contribution in [1.82, 2.24) is 4.31 Å². The standard InChI is InChI=1S/C23H28ClN3O5S/c24-19-4-1-18(2-5-19)3-8-23(28)25-21-17-20(33(29,30)27-11-15-32-16-12-27)6-7-22(21)26-9-13-31-14-10-26/h1-2,4-7,17H,3,8-16H2,(H,25,28). The molecule has 2 saturated heterocycles. The maximum atomic E-state index is 13.2. The number of benzene rings is 2. The first-order valence-corrected chi connectivity index (χ1v) is 12.8. The van der Waals surface area contributed by atoms with Crippen LogP contribution < -0.4 is 10.2 Å². The highest BCUT2D eigenvalue weighted by Crippen LogP contribution is 2.31. The van der Waals surface area contributed by atoms with E-state index in [9.17, 15) is 13.2 Å². The summed E-state index contributed by atoms with van der Waals surface area (Å²) in [5, 5.41) is 3.60. The Hall–Kier alpha value is -2.17. The number of sulfonamides is 1. The van der Waals surface area contributed by atoms with Crippen LogP contribution in [0.25, 0.3) is 0 Å². The Morgan fingerprint density at radius 3 is 2.24 bits per heavy atom. The molecule has 0 aromatic heterocycles. The Morgan fingerprint density at radius 2 is 1.58 bits per heavy atom. The molecule has 2 aromatic rings. The highest BCUT2D eigenvalue weighted by Gasteiger charge is 2.28. The third-order valence-electron chi connectivity index (χ3n) is 5.76. The highest BCUT2D eigenvalue weighted by molar-refractivity contribution is 7.89. The van der Waals surface area contributed by atoms with Crippen LogP contribution in [-0.4, -0.2) is 71.2 Å². The molecule has 0 aliphatic carbocycles. The van der Waals surface area contributed by atoms with Gasteiger partial charge in [-0.05, 0) is 42.3 Å². The lowest BCUT2D eigenvalue weighted by atomic mass is 10.1. The number of hydrogen-bond donors (Lipinski definition) is 1. The number of aryl methyl sites for hydroxylation is 1. The molecule has 178 valence electrons. The van der Waals surface area contributed by atoms with Crippen LogP contribution in [0.15, 0.2) is 47.4 Å². The van der Waals surface area contributed by atoms with Gasteiger partial charge >= 0.3 is 0 Å². The normalized spacial score (nSPS) is 17.7. The average molecular weight is 494 g/mol. The van der Waals surface area contributed by atoms with Crippen LogP contribution in [0, 0.1) is 0 Å². The van der Waals surface area contributed by atoms with Crippen molar-refractivity contribution in [2.24, 2.45) is 0 Å². The number of anilines is 2. The van der Waals surface area contributed by atoms with E-state index in [1.807, 2.05) is 12.1 Å². The lowest BCUT2D eigenvalue weighted by Crippen LogP contribution is -2.40. The summed E-state index contributed by atoms with van der Waals surface area (Å²) in [6.07, 6.45) is 0.826. The number of nitrogens with zero attached hydrogens (tertiary/aromatic N) is 2. The van der Waals surface area contributed by atoms with E-state index in [2.05, 4.69) is 10.2 Å². The second-order valence-electron chi connectivity index (χ2n) is 7.97. The molecule has 4 rings (SSSR count). The summed E-state index contributed by atoms with van der Waals surface area (Å²) < 4.78 is 38.5. The minimum absolute atomic E-state index is 0.161. The summed E-state index contributed by atoms with van der Waals surface area (Å²) >= 11 is 5.93. The smallest absolute Gasteiger partial charge is 0.243 e. The summed E-state index contributed by atoms with van der Waals surface area (Å²) in [5.41, 5.74) is 2.29. The Balaban J connectivity index is 1.55. The van der Waals surface area contributed by atoms with Gasteiger partial charge in [-0.3, -0.25) is 4.79 Å². The van der Waals surface area contributed by atoms with Gasteiger partial charge in [-0.15, -0.1) is 0 Å². The van der Waals surface area contributed by atoms with Gasteiger partial charge < -0.3 is 19.7 Å². The number of rotatable bonds is 7. The summed E-state index contributed by atoms with van der Waals surface area (Å²) in [6, 6.07) is 12.3. The minimum Gasteiger partial charge on any atom is -0.379 e. The zero-order valence-corrected chi connectivity index (χ0v) is 19.9. The summed E-state index contributed by atoms with van der Waals surface area (Å²) in [4.78, 5) is 15.1. The first-order chi connectivity index (χ1) is 15.9. The van der Waals surface area contributed by atoms with E-state index >= 15 is 0 Å². The van der Waals surface area contributed by atoms with Crippen LogP contribution in [0.2, 0.25) is 5.02 Å². The van der Waals surface area contributed by atoms with E-state index in [1.165, 1.54) is 4.31 Å². The van der Waals surface area contributed by atoms with Crippen molar-refractivity contribution in [3.05, 3.63) is 53.1 Å². The second-order valence-corrected chi connectivity index (χ2v) is 10.3. The van der Waals surface area contributed by atoms with Gasteiger partial charge in [0, 0.05) is 37.6 Å². The quantitative estimate of drug-likeness (QED) is 0.638. The molecule has 0 spiro atoms. The molecule has 0 bridgehead atoms. The van der Waals surface area contributed by atoms with E-state index in [4.69, 9.17) is 21.1 Å². The fourth-order valence-corrected chi connectivity index (χ4v) is 5.47. The number of ether oxygens (including phenoxy) is 2. The Kier molecular flexibility index (Phi) is 7.87. The summed E-state index contributed by atoms with van der Waals surface area (Å²) in [7, 11) is -3.68. The Bertz CT molecular complexity index is 1070. The zero-order valence-electron chi connectivity index (χ0n) is 18.3. The first-order valence-electron chi connectivity index (χ1n) is 11.0. The molecule has 0 unspecified atom stereocenters. The van der Waals surface area contributed by atoms with E-state index in [0.29, 0.717) is 69.7 Å².